The molecular formula is C16H18N2O8P2. The zero-order chi connectivity index (χ0) is 19.2. The van der Waals surface area contributed by atoms with Gasteiger partial charge in [0.25, 0.3) is 11.8 Å². The second-order valence-corrected chi connectivity index (χ2v) is 9.55. The Kier molecular flexibility index (Phi) is 4.85. The van der Waals surface area contributed by atoms with Crippen LogP contribution in [0.4, 0.5) is 0 Å². The second kappa shape index (κ2) is 7.23. The summed E-state index contributed by atoms with van der Waals surface area (Å²) in [5, 5.41) is 5.82. The van der Waals surface area contributed by atoms with E-state index >= 15 is 0 Å². The van der Waals surface area contributed by atoms with Gasteiger partial charge < -0.3 is 37.8 Å². The predicted octanol–water partition coefficient (Wildman–Crippen LogP) is 1.23. The van der Waals surface area contributed by atoms with E-state index in [0.717, 1.165) is 0 Å². The van der Waals surface area contributed by atoms with E-state index in [1.54, 1.807) is 24.3 Å². The van der Waals surface area contributed by atoms with Crippen molar-refractivity contribution in [2.75, 3.05) is 39.6 Å². The minimum atomic E-state index is -1.29. The van der Waals surface area contributed by atoms with Gasteiger partial charge in [-0.05, 0) is 12.1 Å². The van der Waals surface area contributed by atoms with E-state index in [4.69, 9.17) is 27.1 Å². The third-order valence-electron chi connectivity index (χ3n) is 4.85. The topological polar surface area (TPSA) is 114 Å². The Morgan fingerprint density at radius 2 is 1.00 bits per heavy atom. The molecular weight excluding hydrogens is 410 g/mol. The molecule has 0 unspecified atom stereocenters. The fraction of sp³-hybridized carbons (Fsp3) is 0.500. The Bertz CT molecular complexity index is 700. The van der Waals surface area contributed by atoms with Crippen LogP contribution >= 0.6 is 17.2 Å². The van der Waals surface area contributed by atoms with Crippen LogP contribution in [0.25, 0.3) is 0 Å². The van der Waals surface area contributed by atoms with Crippen LogP contribution in [0.1, 0.15) is 20.7 Å². The molecule has 4 bridgehead atoms. The molecule has 0 aliphatic carbocycles. The lowest BCUT2D eigenvalue weighted by Crippen LogP contribution is -2.62. The highest BCUT2D eigenvalue weighted by molar-refractivity contribution is 7.42. The van der Waals surface area contributed by atoms with Crippen LogP contribution in [0.15, 0.2) is 24.3 Å². The van der Waals surface area contributed by atoms with Gasteiger partial charge in [0.05, 0.1) is 50.8 Å². The third kappa shape index (κ3) is 3.44. The standard InChI is InChI=1S/C16H18N2O8P2/c19-13(17-15-5-21-27(22-6-15)23-7-15)11-3-1-2-4-12(11)14(20)18-16-8-24-28(25-9-16)26-10-16/h1-4H,5-10H2,(H,17,19)(H,18,20). The zero-order valence-corrected chi connectivity index (χ0v) is 16.5. The summed E-state index contributed by atoms with van der Waals surface area (Å²) >= 11 is 0. The number of carbonyl (C=O) groups excluding carboxylic acids is 2. The Hall–Kier alpha value is -1.22. The van der Waals surface area contributed by atoms with E-state index in [0.29, 0.717) is 39.6 Å². The zero-order valence-electron chi connectivity index (χ0n) is 14.7. The van der Waals surface area contributed by atoms with Gasteiger partial charge in [0.15, 0.2) is 0 Å². The monoisotopic (exact) mass is 428 g/mol. The maximum Gasteiger partial charge on any atom is 0.332 e. The van der Waals surface area contributed by atoms with Crippen molar-refractivity contribution in [3.63, 3.8) is 0 Å². The van der Waals surface area contributed by atoms with Crippen molar-refractivity contribution in [1.29, 1.82) is 0 Å². The normalized spacial score (nSPS) is 36.1. The molecule has 12 heteroatoms. The maximum absolute atomic E-state index is 12.9. The first-order valence-corrected chi connectivity index (χ1v) is 10.9. The molecule has 6 saturated heterocycles. The Labute approximate surface area is 163 Å². The smallest absolute Gasteiger partial charge is 0.332 e. The highest BCUT2D eigenvalue weighted by atomic mass is 31.2. The fourth-order valence-electron chi connectivity index (χ4n) is 3.24. The first-order chi connectivity index (χ1) is 13.6. The molecule has 2 N–H and O–H groups in total. The van der Waals surface area contributed by atoms with Gasteiger partial charge in [-0.25, -0.2) is 0 Å². The van der Waals surface area contributed by atoms with Crippen molar-refractivity contribution in [3.05, 3.63) is 35.4 Å². The van der Waals surface area contributed by atoms with E-state index in [1.807, 2.05) is 0 Å². The molecule has 7 rings (SSSR count). The first kappa shape index (κ1) is 18.8. The quantitative estimate of drug-likeness (QED) is 0.689. The molecule has 0 atom stereocenters. The van der Waals surface area contributed by atoms with Gasteiger partial charge in [-0.3, -0.25) is 9.59 Å². The number of fused-ring (bicyclic) bond motifs is 6. The highest BCUT2D eigenvalue weighted by Gasteiger charge is 2.47. The van der Waals surface area contributed by atoms with E-state index < -0.39 is 40.1 Å². The predicted molar refractivity (Wildman–Crippen MR) is 96.4 cm³/mol. The van der Waals surface area contributed by atoms with Crippen LogP contribution in [0, 0.1) is 0 Å². The van der Waals surface area contributed by atoms with E-state index in [1.165, 1.54) is 0 Å². The molecule has 0 spiro atoms. The largest absolute Gasteiger partial charge is 0.340 e. The number of hydrogen-bond acceptors (Lipinski definition) is 8. The van der Waals surface area contributed by atoms with Crippen LogP contribution in [-0.2, 0) is 27.1 Å². The summed E-state index contributed by atoms with van der Waals surface area (Å²) in [7, 11) is -2.59. The summed E-state index contributed by atoms with van der Waals surface area (Å²) in [6.45, 7) is 1.90. The number of hydrogen-bond donors (Lipinski definition) is 2. The lowest BCUT2D eigenvalue weighted by molar-refractivity contribution is -0.0374. The minimum Gasteiger partial charge on any atom is -0.340 e. The van der Waals surface area contributed by atoms with Crippen LogP contribution in [0.3, 0.4) is 0 Å². The van der Waals surface area contributed by atoms with Crippen LogP contribution in [-0.4, -0.2) is 62.5 Å². The number of carbonyl (C=O) groups is 2. The van der Waals surface area contributed by atoms with Gasteiger partial charge >= 0.3 is 17.2 Å². The summed E-state index contributed by atoms with van der Waals surface area (Å²) in [5.74, 6) is -0.793. The van der Waals surface area contributed by atoms with Crippen molar-refractivity contribution in [1.82, 2.24) is 10.6 Å². The molecule has 6 aliphatic rings. The average molecular weight is 428 g/mol. The number of benzene rings is 1. The van der Waals surface area contributed by atoms with Gasteiger partial charge in [0.1, 0.15) is 11.1 Å². The molecule has 6 aliphatic heterocycles. The molecule has 0 radical (unpaired) electrons. The minimum absolute atomic E-state index is 0.251. The van der Waals surface area contributed by atoms with Crippen LogP contribution < -0.4 is 10.6 Å². The summed E-state index contributed by atoms with van der Waals surface area (Å²) in [4.78, 5) is 25.9. The van der Waals surface area contributed by atoms with Crippen LogP contribution in [0.2, 0.25) is 0 Å². The fourth-order valence-corrected chi connectivity index (χ4v) is 5.81. The molecule has 0 saturated carbocycles. The summed E-state index contributed by atoms with van der Waals surface area (Å²) in [5.41, 5.74) is -1.01. The Morgan fingerprint density at radius 1 is 0.679 bits per heavy atom. The highest BCUT2D eigenvalue weighted by Crippen LogP contribution is 2.50. The molecule has 150 valence electrons. The van der Waals surface area contributed by atoms with Gasteiger partial charge in [0.2, 0.25) is 0 Å². The molecule has 6 heterocycles. The maximum atomic E-state index is 12.9. The summed E-state index contributed by atoms with van der Waals surface area (Å²) < 4.78 is 32.5. The van der Waals surface area contributed by atoms with Crippen molar-refractivity contribution in [2.45, 2.75) is 11.1 Å². The SMILES string of the molecule is O=C(NC12COP(OC1)OC2)c1ccccc1C(=O)NC12COP(OC1)OC2. The van der Waals surface area contributed by atoms with E-state index in [-0.39, 0.29) is 11.1 Å². The Balaban J connectivity index is 1.33. The van der Waals surface area contributed by atoms with Gasteiger partial charge in [-0.2, -0.15) is 0 Å². The molecule has 6 fully saturated rings. The lowest BCUT2D eigenvalue weighted by Gasteiger charge is -2.44. The lowest BCUT2D eigenvalue weighted by atomic mass is 9.99. The second-order valence-electron chi connectivity index (χ2n) is 7.10. The molecule has 0 aromatic heterocycles. The number of rotatable bonds is 4. The Morgan fingerprint density at radius 3 is 1.32 bits per heavy atom. The van der Waals surface area contributed by atoms with Gasteiger partial charge in [-0.1, -0.05) is 12.1 Å². The van der Waals surface area contributed by atoms with Crippen molar-refractivity contribution < 1.29 is 36.7 Å². The van der Waals surface area contributed by atoms with Gasteiger partial charge in [-0.15, -0.1) is 0 Å². The molecule has 1 aromatic carbocycles. The van der Waals surface area contributed by atoms with Crippen molar-refractivity contribution in [2.24, 2.45) is 0 Å². The van der Waals surface area contributed by atoms with Crippen molar-refractivity contribution in [3.8, 4) is 0 Å². The first-order valence-electron chi connectivity index (χ1n) is 8.68. The molecule has 28 heavy (non-hydrogen) atoms. The molecule has 1 aromatic rings. The summed E-state index contributed by atoms with van der Waals surface area (Å²) in [6.07, 6.45) is 0. The number of nitrogens with one attached hydrogen (secondary N) is 2. The third-order valence-corrected chi connectivity index (χ3v) is 6.89. The van der Waals surface area contributed by atoms with E-state index in [9.17, 15) is 9.59 Å². The summed E-state index contributed by atoms with van der Waals surface area (Å²) in [6, 6.07) is 6.61. The van der Waals surface area contributed by atoms with E-state index in [2.05, 4.69) is 10.6 Å². The van der Waals surface area contributed by atoms with Crippen molar-refractivity contribution >= 4 is 29.0 Å². The number of amides is 2. The molecule has 2 amide bonds. The van der Waals surface area contributed by atoms with Gasteiger partial charge in [0, 0.05) is 0 Å². The molecule has 10 nitrogen and oxygen atoms in total. The average Bonchev–Trinajstić information content (AvgIpc) is 2.75. The van der Waals surface area contributed by atoms with Crippen LogP contribution in [0.5, 0.6) is 0 Å².